The van der Waals surface area contributed by atoms with Crippen molar-refractivity contribution in [1.29, 1.82) is 0 Å². The Balaban J connectivity index is 2.14. The molecular weight excluding hydrogens is 255 g/mol. The minimum atomic E-state index is -4.39. The van der Waals surface area contributed by atoms with Crippen molar-refractivity contribution in [3.63, 3.8) is 0 Å². The lowest BCUT2D eigenvalue weighted by Crippen LogP contribution is -2.32. The molecule has 5 heteroatoms. The third-order valence-corrected chi connectivity index (χ3v) is 3.83. The first-order valence-corrected chi connectivity index (χ1v) is 7.54. The van der Waals surface area contributed by atoms with Crippen molar-refractivity contribution in [2.24, 2.45) is 0 Å². The summed E-state index contributed by atoms with van der Waals surface area (Å²) in [5.74, 6) is 0.385. The van der Waals surface area contributed by atoms with Gasteiger partial charge in [0.05, 0.1) is 5.75 Å². The molecule has 3 nitrogen and oxygen atoms in total. The van der Waals surface area contributed by atoms with Crippen molar-refractivity contribution in [3.05, 3.63) is 29.3 Å². The van der Waals surface area contributed by atoms with Crippen LogP contribution in [0.2, 0.25) is 0 Å². The topological polar surface area (TPSA) is 43.4 Å². The molecular formula is C13H17FO3S. The quantitative estimate of drug-likeness (QED) is 0.794. The summed E-state index contributed by atoms with van der Waals surface area (Å²) in [6.45, 7) is 4.08. The molecule has 0 saturated carbocycles. The Morgan fingerprint density at radius 3 is 2.78 bits per heavy atom. The average molecular weight is 272 g/mol. The van der Waals surface area contributed by atoms with E-state index in [0.717, 1.165) is 29.7 Å². The van der Waals surface area contributed by atoms with Crippen LogP contribution in [0.25, 0.3) is 0 Å². The number of fused-ring (bicyclic) bond motifs is 1. The van der Waals surface area contributed by atoms with Crippen molar-refractivity contribution in [2.45, 2.75) is 38.7 Å². The Morgan fingerprint density at radius 2 is 2.11 bits per heavy atom. The fraction of sp³-hybridized carbons (Fsp3) is 0.538. The monoisotopic (exact) mass is 272 g/mol. The molecule has 0 spiro atoms. The van der Waals surface area contributed by atoms with Gasteiger partial charge in [0.15, 0.2) is 0 Å². The molecule has 0 bridgehead atoms. The van der Waals surface area contributed by atoms with E-state index in [0.29, 0.717) is 0 Å². The van der Waals surface area contributed by atoms with Gasteiger partial charge in [-0.15, -0.1) is 3.89 Å². The molecule has 0 unspecified atom stereocenters. The third kappa shape index (κ3) is 3.45. The predicted octanol–water partition coefficient (Wildman–Crippen LogP) is 2.63. The second-order valence-electron chi connectivity index (χ2n) is 5.30. The molecule has 0 saturated heterocycles. The molecule has 0 fully saturated rings. The van der Waals surface area contributed by atoms with E-state index >= 15 is 0 Å². The number of hydrogen-bond acceptors (Lipinski definition) is 3. The summed E-state index contributed by atoms with van der Waals surface area (Å²) in [4.78, 5) is 0. The van der Waals surface area contributed by atoms with Crippen LogP contribution in [0.3, 0.4) is 0 Å². The van der Waals surface area contributed by atoms with Gasteiger partial charge in [0.1, 0.15) is 11.4 Å². The highest BCUT2D eigenvalue weighted by atomic mass is 32.3. The van der Waals surface area contributed by atoms with Gasteiger partial charge in [-0.25, -0.2) is 0 Å². The Labute approximate surface area is 107 Å². The fourth-order valence-corrected chi connectivity index (χ4v) is 2.59. The second-order valence-corrected chi connectivity index (χ2v) is 6.78. The maximum Gasteiger partial charge on any atom is 0.302 e. The van der Waals surface area contributed by atoms with Crippen molar-refractivity contribution in [3.8, 4) is 5.75 Å². The Hall–Kier alpha value is -1.10. The number of halogens is 1. The summed E-state index contributed by atoms with van der Waals surface area (Å²) in [5.41, 5.74) is 1.75. The summed E-state index contributed by atoms with van der Waals surface area (Å²) in [5, 5.41) is 0. The van der Waals surface area contributed by atoms with Crippen LogP contribution in [0.15, 0.2) is 18.2 Å². The molecule has 1 aromatic rings. The highest BCUT2D eigenvalue weighted by Gasteiger charge is 2.26. The van der Waals surface area contributed by atoms with E-state index in [1.165, 1.54) is 0 Å². The summed E-state index contributed by atoms with van der Waals surface area (Å²) in [6, 6.07) is 5.55. The Kier molecular flexibility index (Phi) is 3.36. The molecule has 18 heavy (non-hydrogen) atoms. The number of ether oxygens (including phenoxy) is 1. The van der Waals surface area contributed by atoms with Crippen molar-refractivity contribution < 1.29 is 17.0 Å². The van der Waals surface area contributed by atoms with Crippen molar-refractivity contribution in [2.75, 3.05) is 5.75 Å². The Bertz CT molecular complexity index is 549. The van der Waals surface area contributed by atoms with Crippen LogP contribution >= 0.6 is 0 Å². The summed E-state index contributed by atoms with van der Waals surface area (Å²) in [7, 11) is -4.39. The normalized spacial score (nSPS) is 17.9. The van der Waals surface area contributed by atoms with Gasteiger partial charge in [-0.05, 0) is 50.3 Å². The summed E-state index contributed by atoms with van der Waals surface area (Å²) < 4.78 is 39.3. The van der Waals surface area contributed by atoms with Gasteiger partial charge in [-0.2, -0.15) is 8.42 Å². The van der Waals surface area contributed by atoms with Gasteiger partial charge >= 0.3 is 10.2 Å². The van der Waals surface area contributed by atoms with Gasteiger partial charge in [-0.3, -0.25) is 0 Å². The molecule has 1 heterocycles. The molecule has 0 atom stereocenters. The second kappa shape index (κ2) is 4.53. The molecule has 100 valence electrons. The zero-order chi connectivity index (χ0) is 13.4. The first-order valence-electron chi connectivity index (χ1n) is 5.98. The fourth-order valence-electron chi connectivity index (χ4n) is 2.11. The van der Waals surface area contributed by atoms with Gasteiger partial charge in [0.25, 0.3) is 0 Å². The highest BCUT2D eigenvalue weighted by Crippen LogP contribution is 2.33. The third-order valence-electron chi connectivity index (χ3n) is 3.14. The molecule has 0 aromatic heterocycles. The van der Waals surface area contributed by atoms with Crippen LogP contribution in [-0.4, -0.2) is 19.8 Å². The van der Waals surface area contributed by atoms with Crippen LogP contribution in [0.4, 0.5) is 3.89 Å². The maximum atomic E-state index is 12.5. The molecule has 0 radical (unpaired) electrons. The average Bonchev–Trinajstić information content (AvgIpc) is 2.24. The van der Waals surface area contributed by atoms with Crippen molar-refractivity contribution >= 4 is 10.2 Å². The van der Waals surface area contributed by atoms with Crippen LogP contribution in [-0.2, 0) is 23.1 Å². The minimum Gasteiger partial charge on any atom is -0.488 e. The maximum absolute atomic E-state index is 12.5. The molecule has 0 aliphatic carbocycles. The zero-order valence-electron chi connectivity index (χ0n) is 10.6. The number of benzene rings is 1. The smallest absolute Gasteiger partial charge is 0.302 e. The summed E-state index contributed by atoms with van der Waals surface area (Å²) in [6.07, 6.45) is 2.03. The van der Waals surface area contributed by atoms with E-state index in [9.17, 15) is 12.3 Å². The highest BCUT2D eigenvalue weighted by molar-refractivity contribution is 7.86. The van der Waals surface area contributed by atoms with Crippen molar-refractivity contribution in [1.82, 2.24) is 0 Å². The standard InChI is InChI=1S/C13H17FO3S/c1-13(2)7-5-11-9-10(3-4-12(11)17-13)6-8-18(14,15)16/h3-4,9H,5-8H2,1-2H3. The number of aryl methyl sites for hydroxylation is 2. The number of rotatable bonds is 3. The van der Waals surface area contributed by atoms with Crippen LogP contribution in [0.5, 0.6) is 5.75 Å². The summed E-state index contributed by atoms with van der Waals surface area (Å²) >= 11 is 0. The first-order chi connectivity index (χ1) is 8.25. The number of hydrogen-bond donors (Lipinski definition) is 0. The van der Waals surface area contributed by atoms with E-state index in [1.54, 1.807) is 6.07 Å². The predicted molar refractivity (Wildman–Crippen MR) is 68.1 cm³/mol. The van der Waals surface area contributed by atoms with E-state index in [2.05, 4.69) is 0 Å². The lowest BCUT2D eigenvalue weighted by molar-refractivity contribution is 0.0846. The van der Waals surface area contributed by atoms with Gasteiger partial charge in [0, 0.05) is 0 Å². The van der Waals surface area contributed by atoms with Crippen LogP contribution in [0, 0.1) is 0 Å². The van der Waals surface area contributed by atoms with Gasteiger partial charge in [0.2, 0.25) is 0 Å². The lowest BCUT2D eigenvalue weighted by Gasteiger charge is -2.32. The van der Waals surface area contributed by atoms with E-state index in [4.69, 9.17) is 4.74 Å². The molecule has 1 aromatic carbocycles. The van der Waals surface area contributed by atoms with E-state index in [1.807, 2.05) is 26.0 Å². The molecule has 1 aliphatic rings. The minimum absolute atomic E-state index is 0.156. The Morgan fingerprint density at radius 1 is 1.39 bits per heavy atom. The van der Waals surface area contributed by atoms with Crippen LogP contribution < -0.4 is 4.74 Å². The molecule has 0 amide bonds. The molecule has 1 aliphatic heterocycles. The first kappa shape index (κ1) is 13.3. The largest absolute Gasteiger partial charge is 0.488 e. The van der Waals surface area contributed by atoms with Gasteiger partial charge in [-0.1, -0.05) is 12.1 Å². The zero-order valence-corrected chi connectivity index (χ0v) is 11.4. The van der Waals surface area contributed by atoms with E-state index < -0.39 is 16.0 Å². The van der Waals surface area contributed by atoms with E-state index in [-0.39, 0.29) is 12.0 Å². The molecule has 0 N–H and O–H groups in total. The van der Waals surface area contributed by atoms with Crippen LogP contribution in [0.1, 0.15) is 31.4 Å². The van der Waals surface area contributed by atoms with Gasteiger partial charge < -0.3 is 4.74 Å². The SMILES string of the molecule is CC1(C)CCc2cc(CCS(=O)(=O)F)ccc2O1. The molecule has 2 rings (SSSR count). The lowest BCUT2D eigenvalue weighted by atomic mass is 9.93.